The standard InChI is InChI=1S/C14H29NO2/c1-4-7-14(16)13(5-2)15-9-6-8-12(10-15)11-17-3/h12-14,16H,4-11H2,1-3H3. The lowest BCUT2D eigenvalue weighted by Crippen LogP contribution is -2.48. The number of hydrogen-bond acceptors (Lipinski definition) is 3. The molecule has 0 aromatic heterocycles. The molecular formula is C14H29NO2. The number of aliphatic hydroxyl groups excluding tert-OH is 1. The van der Waals surface area contributed by atoms with E-state index in [9.17, 15) is 5.11 Å². The Morgan fingerprint density at radius 1 is 1.41 bits per heavy atom. The summed E-state index contributed by atoms with van der Waals surface area (Å²) in [5.74, 6) is 0.650. The zero-order chi connectivity index (χ0) is 12.7. The Hall–Kier alpha value is -0.120. The maximum atomic E-state index is 10.2. The van der Waals surface area contributed by atoms with Gasteiger partial charge in [-0.1, -0.05) is 20.3 Å². The summed E-state index contributed by atoms with van der Waals surface area (Å²) in [5, 5.41) is 10.2. The number of hydrogen-bond donors (Lipinski definition) is 1. The van der Waals surface area contributed by atoms with Gasteiger partial charge < -0.3 is 9.84 Å². The molecule has 0 aromatic rings. The Morgan fingerprint density at radius 3 is 2.76 bits per heavy atom. The number of nitrogens with zero attached hydrogens (tertiary/aromatic N) is 1. The van der Waals surface area contributed by atoms with Gasteiger partial charge in [-0.05, 0) is 38.1 Å². The highest BCUT2D eigenvalue weighted by molar-refractivity contribution is 4.82. The monoisotopic (exact) mass is 243 g/mol. The van der Waals surface area contributed by atoms with Gasteiger partial charge >= 0.3 is 0 Å². The minimum Gasteiger partial charge on any atom is -0.391 e. The summed E-state index contributed by atoms with van der Waals surface area (Å²) in [6.07, 6.45) is 5.37. The van der Waals surface area contributed by atoms with E-state index in [-0.39, 0.29) is 6.10 Å². The fourth-order valence-corrected chi connectivity index (χ4v) is 3.03. The van der Waals surface area contributed by atoms with Gasteiger partial charge in [-0.2, -0.15) is 0 Å². The van der Waals surface area contributed by atoms with Crippen LogP contribution in [-0.2, 0) is 4.74 Å². The van der Waals surface area contributed by atoms with Crippen molar-refractivity contribution in [2.24, 2.45) is 5.92 Å². The highest BCUT2D eigenvalue weighted by Crippen LogP contribution is 2.22. The van der Waals surface area contributed by atoms with E-state index in [2.05, 4.69) is 18.7 Å². The first-order chi connectivity index (χ1) is 8.22. The lowest BCUT2D eigenvalue weighted by atomic mass is 9.94. The van der Waals surface area contributed by atoms with E-state index < -0.39 is 0 Å². The molecule has 1 saturated heterocycles. The number of likely N-dealkylation sites (tertiary alicyclic amines) is 1. The Balaban J connectivity index is 2.49. The highest BCUT2D eigenvalue weighted by atomic mass is 16.5. The van der Waals surface area contributed by atoms with Gasteiger partial charge in [0.2, 0.25) is 0 Å². The second kappa shape index (κ2) is 8.06. The van der Waals surface area contributed by atoms with Gasteiger partial charge in [0, 0.05) is 19.7 Å². The summed E-state index contributed by atoms with van der Waals surface area (Å²) in [6.45, 7) is 7.41. The topological polar surface area (TPSA) is 32.7 Å². The van der Waals surface area contributed by atoms with E-state index in [0.29, 0.717) is 12.0 Å². The van der Waals surface area contributed by atoms with Crippen molar-refractivity contribution >= 4 is 0 Å². The Labute approximate surface area is 106 Å². The molecule has 1 aliphatic heterocycles. The maximum Gasteiger partial charge on any atom is 0.0695 e. The Kier molecular flexibility index (Phi) is 7.09. The number of aliphatic hydroxyl groups is 1. The molecule has 17 heavy (non-hydrogen) atoms. The van der Waals surface area contributed by atoms with Gasteiger partial charge in [0.1, 0.15) is 0 Å². The molecule has 1 aliphatic rings. The fraction of sp³-hybridized carbons (Fsp3) is 1.00. The number of piperidine rings is 1. The molecule has 0 saturated carbocycles. The first kappa shape index (κ1) is 14.9. The first-order valence-corrected chi connectivity index (χ1v) is 7.13. The summed E-state index contributed by atoms with van der Waals surface area (Å²) >= 11 is 0. The van der Waals surface area contributed by atoms with Crippen molar-refractivity contribution < 1.29 is 9.84 Å². The third-order valence-corrected chi connectivity index (χ3v) is 3.87. The van der Waals surface area contributed by atoms with Crippen LogP contribution in [0.15, 0.2) is 0 Å². The average Bonchev–Trinajstić information content (AvgIpc) is 2.31. The Bertz CT molecular complexity index is 197. The molecule has 0 amide bonds. The van der Waals surface area contributed by atoms with Crippen molar-refractivity contribution in [3.05, 3.63) is 0 Å². The van der Waals surface area contributed by atoms with Gasteiger partial charge in [-0.25, -0.2) is 0 Å². The molecule has 1 fully saturated rings. The van der Waals surface area contributed by atoms with E-state index in [1.54, 1.807) is 7.11 Å². The second-order valence-electron chi connectivity index (χ2n) is 5.29. The van der Waals surface area contributed by atoms with Gasteiger partial charge in [-0.15, -0.1) is 0 Å². The van der Waals surface area contributed by atoms with Crippen molar-refractivity contribution in [3.8, 4) is 0 Å². The van der Waals surface area contributed by atoms with Crippen molar-refractivity contribution in [1.82, 2.24) is 4.90 Å². The van der Waals surface area contributed by atoms with E-state index in [1.807, 2.05) is 0 Å². The summed E-state index contributed by atoms with van der Waals surface area (Å²) in [7, 11) is 1.78. The van der Waals surface area contributed by atoms with Gasteiger partial charge in [0.05, 0.1) is 12.7 Å². The predicted molar refractivity (Wildman–Crippen MR) is 71.2 cm³/mol. The van der Waals surface area contributed by atoms with Crippen molar-refractivity contribution in [2.75, 3.05) is 26.8 Å². The summed E-state index contributed by atoms with van der Waals surface area (Å²) in [6, 6.07) is 0.342. The minimum atomic E-state index is -0.161. The molecule has 1 rings (SSSR count). The predicted octanol–water partition coefficient (Wildman–Crippen LogP) is 2.28. The van der Waals surface area contributed by atoms with Crippen LogP contribution in [0.4, 0.5) is 0 Å². The van der Waals surface area contributed by atoms with E-state index in [0.717, 1.165) is 39.0 Å². The van der Waals surface area contributed by atoms with E-state index in [1.165, 1.54) is 12.8 Å². The van der Waals surface area contributed by atoms with Gasteiger partial charge in [0.15, 0.2) is 0 Å². The van der Waals surface area contributed by atoms with Crippen LogP contribution in [0.3, 0.4) is 0 Å². The maximum absolute atomic E-state index is 10.2. The third kappa shape index (κ3) is 4.57. The van der Waals surface area contributed by atoms with Crippen molar-refractivity contribution in [2.45, 2.75) is 58.1 Å². The van der Waals surface area contributed by atoms with Gasteiger partial charge in [0.25, 0.3) is 0 Å². The minimum absolute atomic E-state index is 0.161. The molecule has 0 bridgehead atoms. The smallest absolute Gasteiger partial charge is 0.0695 e. The molecule has 3 unspecified atom stereocenters. The molecule has 1 N–H and O–H groups in total. The van der Waals surface area contributed by atoms with Gasteiger partial charge in [-0.3, -0.25) is 4.90 Å². The molecule has 0 aromatic carbocycles. The molecule has 3 heteroatoms. The Morgan fingerprint density at radius 2 is 2.18 bits per heavy atom. The molecule has 102 valence electrons. The first-order valence-electron chi connectivity index (χ1n) is 7.13. The van der Waals surface area contributed by atoms with Crippen LogP contribution in [0.5, 0.6) is 0 Å². The molecule has 0 radical (unpaired) electrons. The number of ether oxygens (including phenoxy) is 1. The van der Waals surface area contributed by atoms with Crippen LogP contribution >= 0.6 is 0 Å². The van der Waals surface area contributed by atoms with Crippen molar-refractivity contribution in [3.63, 3.8) is 0 Å². The lowest BCUT2D eigenvalue weighted by Gasteiger charge is -2.39. The fourth-order valence-electron chi connectivity index (χ4n) is 3.03. The second-order valence-corrected chi connectivity index (χ2v) is 5.29. The van der Waals surface area contributed by atoms with Crippen LogP contribution in [0.25, 0.3) is 0 Å². The SMILES string of the molecule is CCCC(O)C(CC)N1CCCC(COC)C1. The summed E-state index contributed by atoms with van der Waals surface area (Å²) in [5.41, 5.74) is 0. The van der Waals surface area contributed by atoms with Crippen LogP contribution < -0.4 is 0 Å². The van der Waals surface area contributed by atoms with E-state index in [4.69, 9.17) is 4.74 Å². The highest BCUT2D eigenvalue weighted by Gasteiger charge is 2.28. The summed E-state index contributed by atoms with van der Waals surface area (Å²) in [4.78, 5) is 2.48. The molecular weight excluding hydrogens is 214 g/mol. The normalized spacial score (nSPS) is 25.8. The molecule has 1 heterocycles. The summed E-state index contributed by atoms with van der Waals surface area (Å²) < 4.78 is 5.26. The molecule has 3 atom stereocenters. The molecule has 0 spiro atoms. The lowest BCUT2D eigenvalue weighted by molar-refractivity contribution is 0.00502. The quantitative estimate of drug-likeness (QED) is 0.744. The van der Waals surface area contributed by atoms with Crippen LogP contribution in [0, 0.1) is 5.92 Å². The average molecular weight is 243 g/mol. The molecule has 0 aliphatic carbocycles. The third-order valence-electron chi connectivity index (χ3n) is 3.87. The van der Waals surface area contributed by atoms with Crippen LogP contribution in [-0.4, -0.2) is 49.0 Å². The van der Waals surface area contributed by atoms with Crippen LogP contribution in [0.1, 0.15) is 46.0 Å². The van der Waals surface area contributed by atoms with Crippen LogP contribution in [0.2, 0.25) is 0 Å². The molecule has 3 nitrogen and oxygen atoms in total. The zero-order valence-corrected chi connectivity index (χ0v) is 11.7. The zero-order valence-electron chi connectivity index (χ0n) is 11.7. The number of rotatable bonds is 7. The number of methoxy groups -OCH3 is 1. The largest absolute Gasteiger partial charge is 0.391 e. The van der Waals surface area contributed by atoms with Crippen molar-refractivity contribution in [1.29, 1.82) is 0 Å². The van der Waals surface area contributed by atoms with E-state index >= 15 is 0 Å².